The number of rotatable bonds is 4. The highest BCUT2D eigenvalue weighted by Crippen LogP contribution is 2.28. The van der Waals surface area contributed by atoms with Crippen LogP contribution in [0.1, 0.15) is 15.9 Å². The van der Waals surface area contributed by atoms with E-state index >= 15 is 0 Å². The smallest absolute Gasteiger partial charge is 0.336 e. The van der Waals surface area contributed by atoms with Gasteiger partial charge in [0.1, 0.15) is 11.3 Å². The molecule has 0 fully saturated rings. The Balaban J connectivity index is 2.10. The lowest BCUT2D eigenvalue weighted by Gasteiger charge is -2.10. The van der Waals surface area contributed by atoms with Gasteiger partial charge in [-0.15, -0.1) is 0 Å². The minimum absolute atomic E-state index is 0.0575. The van der Waals surface area contributed by atoms with E-state index in [9.17, 15) is 9.59 Å². The predicted molar refractivity (Wildman–Crippen MR) is 83.5 cm³/mol. The van der Waals surface area contributed by atoms with Gasteiger partial charge in [0.2, 0.25) is 0 Å². The van der Waals surface area contributed by atoms with Gasteiger partial charge in [0.15, 0.2) is 5.78 Å². The largest absolute Gasteiger partial charge is 0.496 e. The van der Waals surface area contributed by atoms with Gasteiger partial charge in [-0.1, -0.05) is 30.3 Å². The second-order valence-electron chi connectivity index (χ2n) is 4.89. The maximum absolute atomic E-state index is 12.4. The molecule has 4 heteroatoms. The molecule has 0 unspecified atom stereocenters. The van der Waals surface area contributed by atoms with E-state index in [1.54, 1.807) is 30.3 Å². The maximum atomic E-state index is 12.4. The van der Waals surface area contributed by atoms with Crippen molar-refractivity contribution in [3.63, 3.8) is 0 Å². The topological polar surface area (TPSA) is 56.5 Å². The highest BCUT2D eigenvalue weighted by Gasteiger charge is 2.16. The molecular weight excluding hydrogens is 280 g/mol. The molecule has 0 radical (unpaired) electrons. The van der Waals surface area contributed by atoms with Crippen molar-refractivity contribution in [1.82, 2.24) is 0 Å². The fourth-order valence-corrected chi connectivity index (χ4v) is 2.42. The monoisotopic (exact) mass is 294 g/mol. The van der Waals surface area contributed by atoms with Crippen molar-refractivity contribution < 1.29 is 13.9 Å². The molecule has 0 atom stereocenters. The molecule has 3 rings (SSSR count). The quantitative estimate of drug-likeness (QED) is 0.547. The molecule has 0 spiro atoms. The van der Waals surface area contributed by atoms with Crippen molar-refractivity contribution in [2.75, 3.05) is 7.11 Å². The van der Waals surface area contributed by atoms with E-state index in [2.05, 4.69) is 0 Å². The number of ketones is 1. The summed E-state index contributed by atoms with van der Waals surface area (Å²) in [5.74, 6) is 0.476. The summed E-state index contributed by atoms with van der Waals surface area (Å²) < 4.78 is 10.6. The lowest BCUT2D eigenvalue weighted by atomic mass is 10.0. The van der Waals surface area contributed by atoms with Crippen LogP contribution in [0.3, 0.4) is 0 Å². The minimum Gasteiger partial charge on any atom is -0.496 e. The van der Waals surface area contributed by atoms with Crippen LogP contribution in [0.5, 0.6) is 5.75 Å². The fourth-order valence-electron chi connectivity index (χ4n) is 2.42. The molecule has 1 heterocycles. The zero-order valence-corrected chi connectivity index (χ0v) is 12.0. The standard InChI is InChI=1S/C18H14O4/c1-21-16-9-7-13-8-10-17(20)22-18(13)14(16)11-15(19)12-5-3-2-4-6-12/h2-10H,11H2,1H3. The number of methoxy groups -OCH3 is 1. The fraction of sp³-hybridized carbons (Fsp3) is 0.111. The first-order valence-corrected chi connectivity index (χ1v) is 6.87. The summed E-state index contributed by atoms with van der Waals surface area (Å²) in [6, 6.07) is 15.6. The Morgan fingerprint density at radius 3 is 2.50 bits per heavy atom. The van der Waals surface area contributed by atoms with Gasteiger partial charge in [-0.3, -0.25) is 4.79 Å². The molecule has 3 aromatic rings. The molecule has 0 N–H and O–H groups in total. The van der Waals surface area contributed by atoms with Crippen molar-refractivity contribution in [2.24, 2.45) is 0 Å². The Labute approximate surface area is 127 Å². The Morgan fingerprint density at radius 1 is 1.05 bits per heavy atom. The Hall–Kier alpha value is -2.88. The van der Waals surface area contributed by atoms with E-state index < -0.39 is 5.63 Å². The van der Waals surface area contributed by atoms with Gasteiger partial charge in [0, 0.05) is 29.0 Å². The van der Waals surface area contributed by atoms with Gasteiger partial charge in [0.05, 0.1) is 7.11 Å². The van der Waals surface area contributed by atoms with Gasteiger partial charge in [-0.25, -0.2) is 4.79 Å². The zero-order valence-electron chi connectivity index (χ0n) is 12.0. The summed E-state index contributed by atoms with van der Waals surface area (Å²) in [6.07, 6.45) is 0.109. The summed E-state index contributed by atoms with van der Waals surface area (Å²) >= 11 is 0. The average Bonchev–Trinajstić information content (AvgIpc) is 2.56. The molecule has 2 aromatic carbocycles. The second-order valence-corrected chi connectivity index (χ2v) is 4.89. The van der Waals surface area contributed by atoms with E-state index in [0.29, 0.717) is 22.5 Å². The summed E-state index contributed by atoms with van der Waals surface area (Å²) in [6.45, 7) is 0. The number of benzene rings is 2. The normalized spacial score (nSPS) is 10.6. The molecule has 0 aliphatic heterocycles. The Morgan fingerprint density at radius 2 is 1.77 bits per heavy atom. The molecule has 1 aromatic heterocycles. The lowest BCUT2D eigenvalue weighted by Crippen LogP contribution is -2.07. The van der Waals surface area contributed by atoms with Crippen LogP contribution < -0.4 is 10.4 Å². The van der Waals surface area contributed by atoms with Crippen LogP contribution in [0.25, 0.3) is 11.0 Å². The van der Waals surface area contributed by atoms with E-state index in [1.165, 1.54) is 13.2 Å². The SMILES string of the molecule is COc1ccc2ccc(=O)oc2c1CC(=O)c1ccccc1. The van der Waals surface area contributed by atoms with Crippen LogP contribution in [0.2, 0.25) is 0 Å². The highest BCUT2D eigenvalue weighted by molar-refractivity contribution is 6.00. The number of carbonyl (C=O) groups excluding carboxylic acids is 1. The molecule has 22 heavy (non-hydrogen) atoms. The molecule has 110 valence electrons. The summed E-state index contributed by atoms with van der Waals surface area (Å²) in [5.41, 5.74) is 1.15. The number of hydrogen-bond acceptors (Lipinski definition) is 4. The molecule has 0 amide bonds. The third-order valence-corrected chi connectivity index (χ3v) is 3.50. The average molecular weight is 294 g/mol. The zero-order chi connectivity index (χ0) is 15.5. The molecular formula is C18H14O4. The number of ether oxygens (including phenoxy) is 1. The second kappa shape index (κ2) is 5.85. The van der Waals surface area contributed by atoms with Crippen molar-refractivity contribution in [3.8, 4) is 5.75 Å². The van der Waals surface area contributed by atoms with Gasteiger partial charge in [-0.05, 0) is 18.2 Å². The molecule has 0 bridgehead atoms. The summed E-state index contributed by atoms with van der Waals surface area (Å²) in [5, 5.41) is 0.760. The van der Waals surface area contributed by atoms with Gasteiger partial charge in [-0.2, -0.15) is 0 Å². The molecule has 4 nitrogen and oxygen atoms in total. The Kier molecular flexibility index (Phi) is 3.74. The van der Waals surface area contributed by atoms with Crippen LogP contribution in [0.15, 0.2) is 63.8 Å². The van der Waals surface area contributed by atoms with Gasteiger partial charge >= 0.3 is 5.63 Å². The van der Waals surface area contributed by atoms with Crippen molar-refractivity contribution in [2.45, 2.75) is 6.42 Å². The molecule has 0 aliphatic rings. The third-order valence-electron chi connectivity index (χ3n) is 3.50. The van der Waals surface area contributed by atoms with E-state index in [0.717, 1.165) is 5.39 Å². The van der Waals surface area contributed by atoms with E-state index in [-0.39, 0.29) is 12.2 Å². The lowest BCUT2D eigenvalue weighted by molar-refractivity contribution is 0.0992. The first-order valence-electron chi connectivity index (χ1n) is 6.87. The van der Waals surface area contributed by atoms with Gasteiger partial charge < -0.3 is 9.15 Å². The number of fused-ring (bicyclic) bond motifs is 1. The maximum Gasteiger partial charge on any atom is 0.336 e. The van der Waals surface area contributed by atoms with Crippen LogP contribution in [-0.2, 0) is 6.42 Å². The molecule has 0 saturated carbocycles. The van der Waals surface area contributed by atoms with Crippen molar-refractivity contribution >= 4 is 16.8 Å². The molecule has 0 aliphatic carbocycles. The highest BCUT2D eigenvalue weighted by atomic mass is 16.5. The first-order chi connectivity index (χ1) is 10.7. The van der Waals surface area contributed by atoms with E-state index in [1.807, 2.05) is 18.2 Å². The number of Topliss-reactive ketones (excluding diaryl/α,β-unsaturated/α-hetero) is 1. The summed E-state index contributed by atoms with van der Waals surface area (Å²) in [7, 11) is 1.53. The van der Waals surface area contributed by atoms with Crippen LogP contribution in [-0.4, -0.2) is 12.9 Å². The molecule has 0 saturated heterocycles. The van der Waals surface area contributed by atoms with E-state index in [4.69, 9.17) is 9.15 Å². The number of hydrogen-bond donors (Lipinski definition) is 0. The van der Waals surface area contributed by atoms with Crippen LogP contribution in [0.4, 0.5) is 0 Å². The Bertz CT molecular complexity index is 878. The minimum atomic E-state index is -0.450. The van der Waals surface area contributed by atoms with Gasteiger partial charge in [0.25, 0.3) is 0 Å². The predicted octanol–water partition coefficient (Wildman–Crippen LogP) is 3.23. The third kappa shape index (κ3) is 2.63. The van der Waals surface area contributed by atoms with Crippen LogP contribution in [0, 0.1) is 0 Å². The van der Waals surface area contributed by atoms with Crippen LogP contribution >= 0.6 is 0 Å². The van der Waals surface area contributed by atoms with Crippen molar-refractivity contribution in [3.05, 3.63) is 76.1 Å². The summed E-state index contributed by atoms with van der Waals surface area (Å²) in [4.78, 5) is 23.9. The van der Waals surface area contributed by atoms with Crippen molar-refractivity contribution in [1.29, 1.82) is 0 Å². The first kappa shape index (κ1) is 14.1. The number of carbonyl (C=O) groups is 1.